The van der Waals surface area contributed by atoms with Crippen LogP contribution in [0.25, 0.3) is 0 Å². The summed E-state index contributed by atoms with van der Waals surface area (Å²) in [6, 6.07) is 0. The summed E-state index contributed by atoms with van der Waals surface area (Å²) in [6.07, 6.45) is 7.88. The highest BCUT2D eigenvalue weighted by atomic mass is 16.6. The molecule has 0 radical (unpaired) electrons. The first-order valence-corrected chi connectivity index (χ1v) is 6.31. The summed E-state index contributed by atoms with van der Waals surface area (Å²) in [6.45, 7) is 1.94. The summed E-state index contributed by atoms with van der Waals surface area (Å²) in [5, 5.41) is 9.09. The molecule has 0 saturated carbocycles. The van der Waals surface area contributed by atoms with Crippen molar-refractivity contribution in [2.45, 2.75) is 25.9 Å². The van der Waals surface area contributed by atoms with Crippen LogP contribution < -0.4 is 0 Å². The van der Waals surface area contributed by atoms with Gasteiger partial charge in [0.1, 0.15) is 12.7 Å². The third-order valence-electron chi connectivity index (χ3n) is 3.11. The predicted molar refractivity (Wildman–Crippen MR) is 69.6 cm³/mol. The Morgan fingerprint density at radius 1 is 1.53 bits per heavy atom. The van der Waals surface area contributed by atoms with Crippen molar-refractivity contribution in [3.8, 4) is 0 Å². The van der Waals surface area contributed by atoms with E-state index in [4.69, 9.17) is 14.6 Å². The van der Waals surface area contributed by atoms with Gasteiger partial charge in [0, 0.05) is 7.11 Å². The van der Waals surface area contributed by atoms with Crippen LogP contribution in [0.3, 0.4) is 0 Å². The zero-order valence-electron chi connectivity index (χ0n) is 11.2. The Labute approximate surface area is 112 Å². The number of allylic oxidation sites excluding steroid dienone is 2. The first kappa shape index (κ1) is 15.4. The molecule has 1 aliphatic carbocycles. The molecule has 0 saturated heterocycles. The molecule has 0 aromatic rings. The fourth-order valence-corrected chi connectivity index (χ4v) is 2.03. The lowest BCUT2D eigenvalue weighted by molar-refractivity contribution is -0.157. The van der Waals surface area contributed by atoms with Crippen molar-refractivity contribution in [1.29, 1.82) is 0 Å². The molecule has 1 rings (SSSR count). The normalized spacial score (nSPS) is 24.3. The van der Waals surface area contributed by atoms with E-state index in [1.165, 1.54) is 7.11 Å². The average Bonchev–Trinajstić information content (AvgIpc) is 2.43. The molecule has 5 nitrogen and oxygen atoms in total. The van der Waals surface area contributed by atoms with Crippen LogP contribution in [0.1, 0.15) is 19.8 Å². The second-order valence-corrected chi connectivity index (χ2v) is 4.41. The molecule has 0 aliphatic heterocycles. The number of aliphatic carboxylic acids is 1. The highest BCUT2D eigenvalue weighted by Gasteiger charge is 2.34. The molecular weight excluding hydrogens is 248 g/mol. The van der Waals surface area contributed by atoms with Gasteiger partial charge in [-0.3, -0.25) is 9.59 Å². The highest BCUT2D eigenvalue weighted by molar-refractivity contribution is 5.83. The van der Waals surface area contributed by atoms with E-state index in [-0.39, 0.29) is 12.7 Å². The van der Waals surface area contributed by atoms with Gasteiger partial charge in [0.25, 0.3) is 0 Å². The Hall–Kier alpha value is -1.62. The van der Waals surface area contributed by atoms with Crippen molar-refractivity contribution in [3.63, 3.8) is 0 Å². The van der Waals surface area contributed by atoms with E-state index in [9.17, 15) is 9.59 Å². The molecule has 0 aromatic heterocycles. The van der Waals surface area contributed by atoms with Crippen LogP contribution in [0.15, 0.2) is 24.3 Å². The average molecular weight is 268 g/mol. The lowest BCUT2D eigenvalue weighted by atomic mass is 9.84. The van der Waals surface area contributed by atoms with Gasteiger partial charge in [-0.05, 0) is 19.8 Å². The third-order valence-corrected chi connectivity index (χ3v) is 3.11. The minimum absolute atomic E-state index is 0.0936. The number of hydrogen-bond acceptors (Lipinski definition) is 4. The van der Waals surface area contributed by atoms with Crippen LogP contribution in [-0.2, 0) is 19.1 Å². The van der Waals surface area contributed by atoms with Crippen LogP contribution in [0, 0.1) is 11.8 Å². The molecule has 19 heavy (non-hydrogen) atoms. The molecule has 3 atom stereocenters. The molecule has 3 unspecified atom stereocenters. The van der Waals surface area contributed by atoms with E-state index in [1.807, 2.05) is 19.1 Å². The molecule has 1 aliphatic rings. The monoisotopic (exact) mass is 268 g/mol. The van der Waals surface area contributed by atoms with Gasteiger partial charge < -0.3 is 14.6 Å². The first-order chi connectivity index (χ1) is 9.10. The molecule has 0 amide bonds. The van der Waals surface area contributed by atoms with Crippen molar-refractivity contribution < 1.29 is 24.2 Å². The van der Waals surface area contributed by atoms with E-state index >= 15 is 0 Å². The fraction of sp³-hybridized carbons (Fsp3) is 0.571. The van der Waals surface area contributed by atoms with Crippen molar-refractivity contribution in [3.05, 3.63) is 24.3 Å². The second kappa shape index (κ2) is 7.74. The number of ether oxygens (including phenoxy) is 2. The maximum Gasteiger partial charge on any atom is 0.313 e. The van der Waals surface area contributed by atoms with E-state index in [1.54, 1.807) is 12.2 Å². The minimum Gasteiger partial charge on any atom is -0.481 e. The molecule has 0 aromatic carbocycles. The Balaban J connectivity index is 2.58. The van der Waals surface area contributed by atoms with Crippen molar-refractivity contribution in [2.75, 3.05) is 13.7 Å². The number of rotatable bonds is 6. The largest absolute Gasteiger partial charge is 0.481 e. The number of methoxy groups -OCH3 is 1. The predicted octanol–water partition coefficient (Wildman–Crippen LogP) is 1.79. The van der Waals surface area contributed by atoms with E-state index in [0.717, 1.165) is 0 Å². The number of carbonyl (C=O) groups excluding carboxylic acids is 1. The maximum absolute atomic E-state index is 11.9. The van der Waals surface area contributed by atoms with Gasteiger partial charge >= 0.3 is 11.9 Å². The molecule has 0 heterocycles. The maximum atomic E-state index is 11.9. The van der Waals surface area contributed by atoms with Gasteiger partial charge in [-0.15, -0.1) is 0 Å². The number of esters is 1. The van der Waals surface area contributed by atoms with E-state index in [0.29, 0.717) is 12.8 Å². The third kappa shape index (κ3) is 4.52. The van der Waals surface area contributed by atoms with E-state index < -0.39 is 23.8 Å². The van der Waals surface area contributed by atoms with E-state index in [2.05, 4.69) is 0 Å². The van der Waals surface area contributed by atoms with Gasteiger partial charge in [-0.25, -0.2) is 0 Å². The summed E-state index contributed by atoms with van der Waals surface area (Å²) in [5.74, 6) is -2.85. The summed E-state index contributed by atoms with van der Waals surface area (Å²) >= 11 is 0. The van der Waals surface area contributed by atoms with Crippen molar-refractivity contribution in [2.24, 2.45) is 11.8 Å². The molecule has 0 bridgehead atoms. The fourth-order valence-electron chi connectivity index (χ4n) is 2.03. The van der Waals surface area contributed by atoms with Gasteiger partial charge in [-0.2, -0.15) is 0 Å². The zero-order chi connectivity index (χ0) is 14.3. The summed E-state index contributed by atoms with van der Waals surface area (Å²) in [7, 11) is 1.53. The van der Waals surface area contributed by atoms with Crippen molar-refractivity contribution >= 4 is 11.9 Å². The zero-order valence-corrected chi connectivity index (χ0v) is 11.2. The van der Waals surface area contributed by atoms with Gasteiger partial charge in [-0.1, -0.05) is 24.3 Å². The smallest absolute Gasteiger partial charge is 0.313 e. The van der Waals surface area contributed by atoms with Crippen LogP contribution in [0.2, 0.25) is 0 Å². The van der Waals surface area contributed by atoms with Gasteiger partial charge in [0.2, 0.25) is 0 Å². The Bertz CT molecular complexity index is 372. The Morgan fingerprint density at radius 2 is 2.26 bits per heavy atom. The quantitative estimate of drug-likeness (QED) is 0.587. The summed E-state index contributed by atoms with van der Waals surface area (Å²) < 4.78 is 10.2. The van der Waals surface area contributed by atoms with Crippen LogP contribution in [-0.4, -0.2) is 36.9 Å². The second-order valence-electron chi connectivity index (χ2n) is 4.41. The molecule has 106 valence electrons. The molecule has 1 N–H and O–H groups in total. The number of carboxylic acids is 1. The molecular formula is C14H20O5. The number of carboxylic acid groups (broad SMARTS) is 1. The van der Waals surface area contributed by atoms with Crippen LogP contribution in [0.5, 0.6) is 0 Å². The molecule has 0 spiro atoms. The summed E-state index contributed by atoms with van der Waals surface area (Å²) in [5.41, 5.74) is 0. The number of hydrogen-bond donors (Lipinski definition) is 1. The van der Waals surface area contributed by atoms with Crippen molar-refractivity contribution in [1.82, 2.24) is 0 Å². The SMILES string of the molecule is CC=CC(COC(=O)C1C=CCCC1C(=O)O)OC. The Kier molecular flexibility index (Phi) is 6.29. The highest BCUT2D eigenvalue weighted by Crippen LogP contribution is 2.26. The lowest BCUT2D eigenvalue weighted by Crippen LogP contribution is -2.33. The molecule has 0 fully saturated rings. The van der Waals surface area contributed by atoms with Gasteiger partial charge in [0.05, 0.1) is 11.8 Å². The minimum atomic E-state index is -0.956. The Morgan fingerprint density at radius 3 is 2.84 bits per heavy atom. The molecule has 5 heteroatoms. The standard InChI is InChI=1S/C14H20O5/c1-3-6-10(18-2)9-19-14(17)12-8-5-4-7-11(12)13(15)16/h3,5-6,8,10-12H,4,7,9H2,1-2H3,(H,15,16). The summed E-state index contributed by atoms with van der Waals surface area (Å²) in [4.78, 5) is 23.0. The first-order valence-electron chi connectivity index (χ1n) is 6.31. The number of carbonyl (C=O) groups is 2. The van der Waals surface area contributed by atoms with Crippen LogP contribution >= 0.6 is 0 Å². The van der Waals surface area contributed by atoms with Gasteiger partial charge in [0.15, 0.2) is 0 Å². The van der Waals surface area contributed by atoms with Crippen LogP contribution in [0.4, 0.5) is 0 Å². The lowest BCUT2D eigenvalue weighted by Gasteiger charge is -2.23. The topological polar surface area (TPSA) is 72.8 Å².